The van der Waals surface area contributed by atoms with E-state index in [2.05, 4.69) is 65.9 Å². The Bertz CT molecular complexity index is 1640. The Morgan fingerprint density at radius 1 is 1.13 bits per heavy atom. The number of nitrogens with zero attached hydrogens (tertiary/aromatic N) is 2. The summed E-state index contributed by atoms with van der Waals surface area (Å²) < 4.78 is 0. The zero-order chi connectivity index (χ0) is 27.1. The van der Waals surface area contributed by atoms with Crippen LogP contribution in [-0.2, 0) is 4.79 Å². The number of benzene rings is 2. The van der Waals surface area contributed by atoms with Gasteiger partial charge < -0.3 is 20.9 Å². The highest BCUT2D eigenvalue weighted by Gasteiger charge is 2.40. The van der Waals surface area contributed by atoms with Crippen LogP contribution in [0, 0.1) is 6.92 Å². The van der Waals surface area contributed by atoms with E-state index in [-0.39, 0.29) is 23.9 Å². The number of urea groups is 1. The number of pyridine rings is 1. The number of nitrogens with one attached hydrogen (secondary N) is 3. The summed E-state index contributed by atoms with van der Waals surface area (Å²) in [5.41, 5.74) is 4.43. The number of likely N-dealkylation sites (tertiary alicyclic amines) is 1. The van der Waals surface area contributed by atoms with Crippen LogP contribution in [0.25, 0.3) is 26.2 Å². The van der Waals surface area contributed by atoms with Crippen LogP contribution < -0.4 is 16.0 Å². The molecule has 1 saturated heterocycles. The summed E-state index contributed by atoms with van der Waals surface area (Å²) in [6.07, 6.45) is 4.52. The van der Waals surface area contributed by atoms with Gasteiger partial charge in [-0.1, -0.05) is 48.5 Å². The highest BCUT2D eigenvalue weighted by Crippen LogP contribution is 2.52. The van der Waals surface area contributed by atoms with E-state index in [1.165, 1.54) is 11.6 Å². The number of amides is 4. The van der Waals surface area contributed by atoms with Gasteiger partial charge in [0.1, 0.15) is 11.1 Å². The highest BCUT2D eigenvalue weighted by atomic mass is 32.2. The number of carbonyl (C=O) groups is 3. The summed E-state index contributed by atoms with van der Waals surface area (Å²) in [4.78, 5) is 47.4. The van der Waals surface area contributed by atoms with Crippen molar-refractivity contribution in [1.29, 1.82) is 0 Å². The van der Waals surface area contributed by atoms with Crippen molar-refractivity contribution in [2.45, 2.75) is 25.8 Å². The number of aryl methyl sites for hydroxylation is 1. The molecule has 4 amide bonds. The minimum absolute atomic E-state index is 0.142. The van der Waals surface area contributed by atoms with Gasteiger partial charge >= 0.3 is 11.9 Å². The van der Waals surface area contributed by atoms with E-state index in [9.17, 15) is 14.4 Å². The average Bonchev–Trinajstić information content (AvgIpc) is 3.28. The Hall–Kier alpha value is -4.50. The third-order valence-corrected chi connectivity index (χ3v) is 9.40. The Morgan fingerprint density at radius 2 is 1.95 bits per heavy atom. The van der Waals surface area contributed by atoms with Crippen LogP contribution in [0.5, 0.6) is 0 Å². The quantitative estimate of drug-likeness (QED) is 0.220. The first-order valence-electron chi connectivity index (χ1n) is 12.9. The lowest BCUT2D eigenvalue weighted by Crippen LogP contribution is -2.49. The molecule has 1 fully saturated rings. The van der Waals surface area contributed by atoms with E-state index in [1.54, 1.807) is 17.2 Å². The van der Waals surface area contributed by atoms with Crippen molar-refractivity contribution in [3.8, 4) is 16.0 Å². The Morgan fingerprint density at radius 3 is 2.74 bits per heavy atom. The van der Waals surface area contributed by atoms with Crippen molar-refractivity contribution < 1.29 is 14.4 Å². The lowest BCUT2D eigenvalue weighted by atomic mass is 10.0. The monoisotopic (exact) mass is 538 g/mol. The zero-order valence-corrected chi connectivity index (χ0v) is 22.3. The average molecular weight is 539 g/mol. The number of aromatic nitrogens is 1. The normalized spacial score (nSPS) is 16.8. The van der Waals surface area contributed by atoms with Gasteiger partial charge in [0.05, 0.1) is 16.2 Å². The molecule has 6 rings (SSSR count). The van der Waals surface area contributed by atoms with E-state index in [0.717, 1.165) is 39.1 Å². The summed E-state index contributed by atoms with van der Waals surface area (Å²) in [6, 6.07) is 17.6. The lowest BCUT2D eigenvalue weighted by Gasteiger charge is -2.32. The van der Waals surface area contributed by atoms with Gasteiger partial charge in [0.15, 0.2) is 4.90 Å². The first-order chi connectivity index (χ1) is 18.9. The fraction of sp³-hybridized carbons (Fsp3) is 0.200. The van der Waals surface area contributed by atoms with Crippen LogP contribution in [0.2, 0.25) is 0 Å². The van der Waals surface area contributed by atoms with Gasteiger partial charge in [-0.25, -0.2) is 9.78 Å². The first-order valence-corrected chi connectivity index (χ1v) is 14.1. The number of hydrogen-bond donors (Lipinski definition) is 3. The smallest absolute Gasteiger partial charge is 0.323 e. The van der Waals surface area contributed by atoms with Gasteiger partial charge in [0.2, 0.25) is 5.91 Å². The number of rotatable bonds is 5. The molecule has 2 aliphatic rings. The molecule has 0 spiro atoms. The summed E-state index contributed by atoms with van der Waals surface area (Å²) in [5.74, 6) is -0.408. The van der Waals surface area contributed by atoms with Crippen LogP contribution in [0.3, 0.4) is 0 Å². The van der Waals surface area contributed by atoms with Crippen molar-refractivity contribution in [3.05, 3.63) is 83.9 Å². The third-order valence-electron chi connectivity index (χ3n) is 7.18. The van der Waals surface area contributed by atoms with Crippen LogP contribution in [0.1, 0.15) is 28.1 Å². The fourth-order valence-corrected chi connectivity index (χ4v) is 7.60. The number of piperidine rings is 1. The van der Waals surface area contributed by atoms with Crippen LogP contribution in [0.15, 0.2) is 73.4 Å². The van der Waals surface area contributed by atoms with Crippen molar-refractivity contribution >= 4 is 49.9 Å². The standard InChI is InChI=1S/C30H27N5O3S/c1-3-24(36)35-15-5-7-21(17-35)32-28(37)27-26-25-23(33-30(38)34-26)13-14-31-29(25)39(27)22-8-4-6-20(16-22)19-11-9-18(2)10-12-19/h3-4,6,8-14,16,21H,1,5,7,15,17H2,2H3,(H2-,31,32,33,34,37,38)/p+1/t21-,39?/m1/s1. The third kappa shape index (κ3) is 4.55. The zero-order valence-electron chi connectivity index (χ0n) is 21.5. The molecule has 196 valence electrons. The Kier molecular flexibility index (Phi) is 6.36. The Balaban J connectivity index is 1.46. The van der Waals surface area contributed by atoms with Gasteiger partial charge in [0, 0.05) is 31.4 Å². The molecular weight excluding hydrogens is 510 g/mol. The van der Waals surface area contributed by atoms with E-state index >= 15 is 0 Å². The van der Waals surface area contributed by atoms with Gasteiger partial charge in [-0.2, -0.15) is 0 Å². The maximum Gasteiger partial charge on any atom is 0.323 e. The van der Waals surface area contributed by atoms with Gasteiger partial charge in [0.25, 0.3) is 9.71 Å². The molecule has 0 saturated carbocycles. The molecule has 0 aliphatic carbocycles. The molecule has 2 aliphatic heterocycles. The number of thiophene rings is 1. The van der Waals surface area contributed by atoms with Gasteiger partial charge in [-0.15, -0.1) is 0 Å². The maximum atomic E-state index is 14.0. The summed E-state index contributed by atoms with van der Waals surface area (Å²) in [7, 11) is -0.856. The molecule has 2 aromatic heterocycles. The predicted molar refractivity (Wildman–Crippen MR) is 156 cm³/mol. The van der Waals surface area contributed by atoms with E-state index < -0.39 is 10.5 Å². The van der Waals surface area contributed by atoms with E-state index in [0.29, 0.717) is 29.3 Å². The van der Waals surface area contributed by atoms with Gasteiger partial charge in [-0.05, 0) is 49.1 Å². The van der Waals surface area contributed by atoms with Crippen molar-refractivity contribution in [1.82, 2.24) is 15.2 Å². The van der Waals surface area contributed by atoms with Crippen molar-refractivity contribution in [2.24, 2.45) is 0 Å². The van der Waals surface area contributed by atoms with Crippen LogP contribution >= 0.6 is 10.5 Å². The van der Waals surface area contributed by atoms with Gasteiger partial charge in [-0.3, -0.25) is 9.59 Å². The SMILES string of the molecule is C=CC(=O)N1CCC[C@@H](NC(=O)c2c3c4c(ccnc4[s+]2-c2cccc(-c4ccc(C)cc4)c2)NC(=O)N3)C1. The number of carbonyl (C=O) groups excluding carboxylic acids is 3. The second-order valence-electron chi connectivity index (χ2n) is 9.82. The molecule has 3 N–H and O–H groups in total. The summed E-state index contributed by atoms with van der Waals surface area (Å²) in [6.45, 7) is 6.70. The minimum atomic E-state index is -0.856. The molecule has 4 heterocycles. The fourth-order valence-electron chi connectivity index (χ4n) is 5.30. The highest BCUT2D eigenvalue weighted by molar-refractivity contribution is 7.46. The van der Waals surface area contributed by atoms with E-state index in [4.69, 9.17) is 4.98 Å². The van der Waals surface area contributed by atoms with Crippen LogP contribution in [0.4, 0.5) is 16.2 Å². The molecular formula is C30H28N5O3S+. The van der Waals surface area contributed by atoms with Crippen molar-refractivity contribution in [3.63, 3.8) is 0 Å². The number of hydrogen-bond acceptors (Lipinski definition) is 4. The van der Waals surface area contributed by atoms with Crippen molar-refractivity contribution in [2.75, 3.05) is 23.7 Å². The summed E-state index contributed by atoms with van der Waals surface area (Å²) in [5, 5.41) is 9.65. The largest absolute Gasteiger partial charge is 0.343 e. The molecule has 39 heavy (non-hydrogen) atoms. The molecule has 9 heteroatoms. The first kappa shape index (κ1) is 24.8. The minimum Gasteiger partial charge on any atom is -0.343 e. The predicted octanol–water partition coefficient (Wildman–Crippen LogP) is 5.81. The van der Waals surface area contributed by atoms with E-state index in [1.807, 2.05) is 12.1 Å². The molecule has 0 bridgehead atoms. The Labute approximate surface area is 228 Å². The summed E-state index contributed by atoms with van der Waals surface area (Å²) >= 11 is 0. The second-order valence-corrected chi connectivity index (χ2v) is 11.7. The number of anilines is 2. The molecule has 2 atom stereocenters. The second kappa shape index (κ2) is 9.99. The molecule has 8 nitrogen and oxygen atoms in total. The topological polar surface area (TPSA) is 103 Å². The maximum absolute atomic E-state index is 14.0. The molecule has 4 aromatic rings. The molecule has 1 unspecified atom stereocenters. The molecule has 2 aromatic carbocycles. The lowest BCUT2D eigenvalue weighted by molar-refractivity contribution is -0.127. The molecule has 0 radical (unpaired) electrons. The van der Waals surface area contributed by atoms with Crippen LogP contribution in [-0.4, -0.2) is 46.9 Å².